The van der Waals surface area contributed by atoms with Crippen molar-refractivity contribution in [3.63, 3.8) is 0 Å². The predicted molar refractivity (Wildman–Crippen MR) is 118 cm³/mol. The van der Waals surface area contributed by atoms with Crippen molar-refractivity contribution < 1.29 is 4.74 Å². The Bertz CT molecular complexity index is 1320. The number of fused-ring (bicyclic) bond motifs is 2. The van der Waals surface area contributed by atoms with Crippen LogP contribution >= 0.6 is 0 Å². The minimum absolute atomic E-state index is 0.400. The molecule has 158 valence electrons. The van der Waals surface area contributed by atoms with E-state index in [1.165, 1.54) is 0 Å². The Balaban J connectivity index is 1.54. The second-order valence-electron chi connectivity index (χ2n) is 7.77. The van der Waals surface area contributed by atoms with E-state index in [-0.39, 0.29) is 0 Å². The molecule has 4 aromatic rings. The van der Waals surface area contributed by atoms with Crippen LogP contribution in [0.25, 0.3) is 16.6 Å². The molecule has 0 bridgehead atoms. The van der Waals surface area contributed by atoms with Gasteiger partial charge in [-0.1, -0.05) is 0 Å². The van der Waals surface area contributed by atoms with Gasteiger partial charge >= 0.3 is 0 Å². The van der Waals surface area contributed by atoms with E-state index in [4.69, 9.17) is 4.74 Å². The number of aryl methyl sites for hydroxylation is 1. The number of hydrogen-bond donors (Lipinski definition) is 3. The number of nitrogens with one attached hydrogen (secondary N) is 3. The molecule has 1 saturated heterocycles. The van der Waals surface area contributed by atoms with E-state index in [1.807, 2.05) is 25.3 Å². The van der Waals surface area contributed by atoms with Gasteiger partial charge in [0.05, 0.1) is 35.5 Å². The Hall–Kier alpha value is -3.84. The van der Waals surface area contributed by atoms with E-state index < -0.39 is 0 Å². The molecular weight excluding hydrogens is 394 g/mol. The van der Waals surface area contributed by atoms with Crippen molar-refractivity contribution in [3.8, 4) is 11.8 Å². The molecule has 1 fully saturated rings. The summed E-state index contributed by atoms with van der Waals surface area (Å²) in [7, 11) is 1.60. The molecule has 1 aromatic carbocycles. The maximum atomic E-state index is 9.85. The summed E-state index contributed by atoms with van der Waals surface area (Å²) in [6, 6.07) is 8.47. The monoisotopic (exact) mass is 417 g/mol. The Morgan fingerprint density at radius 3 is 2.97 bits per heavy atom. The lowest BCUT2D eigenvalue weighted by Gasteiger charge is -2.33. The van der Waals surface area contributed by atoms with Crippen LogP contribution in [0.4, 0.5) is 17.3 Å². The second-order valence-corrected chi connectivity index (χ2v) is 7.77. The molecule has 0 saturated carbocycles. The van der Waals surface area contributed by atoms with Crippen LogP contribution in [-0.2, 0) is 0 Å². The zero-order chi connectivity index (χ0) is 21.5. The Labute approximate surface area is 178 Å². The van der Waals surface area contributed by atoms with Gasteiger partial charge in [0.1, 0.15) is 6.07 Å². The highest BCUT2D eigenvalue weighted by Crippen LogP contribution is 2.32. The molecule has 5 rings (SSSR count). The van der Waals surface area contributed by atoms with Crippen molar-refractivity contribution >= 4 is 33.9 Å². The number of imidazole rings is 1. The maximum absolute atomic E-state index is 9.85. The van der Waals surface area contributed by atoms with Crippen LogP contribution in [0.2, 0.25) is 0 Å². The van der Waals surface area contributed by atoms with E-state index in [0.717, 1.165) is 41.9 Å². The number of ether oxygens (including phenoxy) is 1. The van der Waals surface area contributed by atoms with Crippen molar-refractivity contribution in [2.24, 2.45) is 0 Å². The van der Waals surface area contributed by atoms with Gasteiger partial charge in [-0.25, -0.2) is 9.50 Å². The summed E-state index contributed by atoms with van der Waals surface area (Å²) in [5, 5.41) is 29.3. The summed E-state index contributed by atoms with van der Waals surface area (Å²) in [4.78, 5) is 6.72. The minimum Gasteiger partial charge on any atom is -0.493 e. The first kappa shape index (κ1) is 19.1. The quantitative estimate of drug-likeness (QED) is 0.463. The summed E-state index contributed by atoms with van der Waals surface area (Å²) < 4.78 is 7.14. The molecule has 0 aliphatic carbocycles. The van der Waals surface area contributed by atoms with Gasteiger partial charge in [0.25, 0.3) is 0 Å². The van der Waals surface area contributed by atoms with Crippen LogP contribution in [0, 0.1) is 18.3 Å². The summed E-state index contributed by atoms with van der Waals surface area (Å²) in [5.41, 5.74) is 3.86. The van der Waals surface area contributed by atoms with Crippen LogP contribution < -0.4 is 20.3 Å². The summed E-state index contributed by atoms with van der Waals surface area (Å²) >= 11 is 0. The SMILES string of the molecule is COc1cc(Nc2n[nH]c3cc(N4CCNC(C)C4)cc(C#N)c23)nn2cc(C)nc12. The highest BCUT2D eigenvalue weighted by Gasteiger charge is 2.20. The number of rotatable bonds is 4. The topological polar surface area (TPSA) is 119 Å². The summed E-state index contributed by atoms with van der Waals surface area (Å²) in [6.45, 7) is 6.77. The van der Waals surface area contributed by atoms with Gasteiger partial charge in [-0.3, -0.25) is 5.10 Å². The van der Waals surface area contributed by atoms with Gasteiger partial charge in [0.2, 0.25) is 0 Å². The molecule has 1 aliphatic heterocycles. The van der Waals surface area contributed by atoms with Gasteiger partial charge in [-0.05, 0) is 26.0 Å². The number of H-pyrrole nitrogens is 1. The second kappa shape index (κ2) is 7.45. The van der Waals surface area contributed by atoms with Gasteiger partial charge in [-0.2, -0.15) is 10.4 Å². The van der Waals surface area contributed by atoms with E-state index in [0.29, 0.717) is 34.6 Å². The Morgan fingerprint density at radius 2 is 2.19 bits per heavy atom. The highest BCUT2D eigenvalue weighted by molar-refractivity contribution is 5.98. The van der Waals surface area contributed by atoms with Crippen LogP contribution in [-0.4, -0.2) is 57.6 Å². The number of anilines is 3. The Morgan fingerprint density at radius 1 is 1.32 bits per heavy atom. The average molecular weight is 417 g/mol. The Kier molecular flexibility index (Phi) is 4.60. The number of nitrogens with zero attached hydrogens (tertiary/aromatic N) is 6. The number of aromatic amines is 1. The third-order valence-electron chi connectivity index (χ3n) is 5.48. The first-order chi connectivity index (χ1) is 15.1. The standard InChI is InChI=1S/C21H23N9O/c1-12-10-29(5-4-23-12)15-6-14(9-22)19-16(7-15)26-27-20(19)25-18-8-17(31-3)21-24-13(2)11-30(21)28-18/h6-8,11-12,23H,4-5,10H2,1-3H3,(H2,25,26,27,28). The third kappa shape index (κ3) is 3.39. The lowest BCUT2D eigenvalue weighted by molar-refractivity contribution is 0.416. The van der Waals surface area contributed by atoms with Crippen molar-refractivity contribution in [2.75, 3.05) is 37.0 Å². The van der Waals surface area contributed by atoms with Gasteiger partial charge in [-0.15, -0.1) is 5.10 Å². The van der Waals surface area contributed by atoms with E-state index in [9.17, 15) is 5.26 Å². The molecule has 31 heavy (non-hydrogen) atoms. The zero-order valence-electron chi connectivity index (χ0n) is 17.6. The number of methoxy groups -OCH3 is 1. The number of aromatic nitrogens is 5. The van der Waals surface area contributed by atoms with Crippen molar-refractivity contribution in [3.05, 3.63) is 35.7 Å². The normalized spacial score (nSPS) is 16.6. The molecule has 0 spiro atoms. The number of piperazine rings is 1. The fourth-order valence-electron chi connectivity index (χ4n) is 4.07. The fraction of sp³-hybridized carbons (Fsp3) is 0.333. The molecule has 10 nitrogen and oxygen atoms in total. The molecular formula is C21H23N9O. The van der Waals surface area contributed by atoms with Crippen molar-refractivity contribution in [2.45, 2.75) is 19.9 Å². The lowest BCUT2D eigenvalue weighted by atomic mass is 10.1. The minimum atomic E-state index is 0.400. The number of benzene rings is 1. The molecule has 3 N–H and O–H groups in total. The largest absolute Gasteiger partial charge is 0.493 e. The highest BCUT2D eigenvalue weighted by atomic mass is 16.5. The molecule has 1 atom stereocenters. The van der Waals surface area contributed by atoms with E-state index in [1.54, 1.807) is 17.7 Å². The molecule has 1 unspecified atom stereocenters. The molecule has 1 aliphatic rings. The first-order valence-electron chi connectivity index (χ1n) is 10.1. The smallest absolute Gasteiger partial charge is 0.196 e. The molecule has 0 amide bonds. The summed E-state index contributed by atoms with van der Waals surface area (Å²) in [6.07, 6.45) is 1.83. The number of nitriles is 1. The third-order valence-corrected chi connectivity index (χ3v) is 5.48. The van der Waals surface area contributed by atoms with Gasteiger partial charge in [0, 0.05) is 37.4 Å². The fourth-order valence-corrected chi connectivity index (χ4v) is 4.07. The number of hydrogen-bond acceptors (Lipinski definition) is 8. The predicted octanol–water partition coefficient (Wildman–Crippen LogP) is 2.34. The first-order valence-corrected chi connectivity index (χ1v) is 10.1. The maximum Gasteiger partial charge on any atom is 0.196 e. The lowest BCUT2D eigenvalue weighted by Crippen LogP contribution is -2.49. The van der Waals surface area contributed by atoms with E-state index in [2.05, 4.69) is 48.8 Å². The van der Waals surface area contributed by atoms with Crippen LogP contribution in [0.15, 0.2) is 24.4 Å². The average Bonchev–Trinajstić information content (AvgIpc) is 3.35. The molecule has 4 heterocycles. The molecule has 0 radical (unpaired) electrons. The molecule has 10 heteroatoms. The van der Waals surface area contributed by atoms with Crippen molar-refractivity contribution in [1.82, 2.24) is 30.1 Å². The van der Waals surface area contributed by atoms with Gasteiger partial charge in [0.15, 0.2) is 23.0 Å². The van der Waals surface area contributed by atoms with Crippen LogP contribution in [0.3, 0.4) is 0 Å². The summed E-state index contributed by atoms with van der Waals surface area (Å²) in [5.74, 6) is 1.68. The van der Waals surface area contributed by atoms with Crippen LogP contribution in [0.5, 0.6) is 5.75 Å². The van der Waals surface area contributed by atoms with Gasteiger partial charge < -0.3 is 20.3 Å². The zero-order valence-corrected chi connectivity index (χ0v) is 17.6. The molecule has 3 aromatic heterocycles. The van der Waals surface area contributed by atoms with Crippen LogP contribution in [0.1, 0.15) is 18.2 Å². The van der Waals surface area contributed by atoms with Crippen molar-refractivity contribution in [1.29, 1.82) is 5.26 Å². The van der Waals surface area contributed by atoms with E-state index >= 15 is 0 Å².